The van der Waals surface area contributed by atoms with E-state index in [9.17, 15) is 4.79 Å². The summed E-state index contributed by atoms with van der Waals surface area (Å²) in [5.41, 5.74) is 2.75. The van der Waals surface area contributed by atoms with Gasteiger partial charge >= 0.3 is 0 Å². The van der Waals surface area contributed by atoms with Crippen LogP contribution in [-0.4, -0.2) is 17.7 Å². The molecule has 0 aromatic heterocycles. The van der Waals surface area contributed by atoms with Crippen molar-refractivity contribution >= 4 is 21.7 Å². The molecule has 0 heterocycles. The summed E-state index contributed by atoms with van der Waals surface area (Å²) in [5.74, 6) is 1.23. The summed E-state index contributed by atoms with van der Waals surface area (Å²) >= 11 is 3.47. The van der Waals surface area contributed by atoms with Gasteiger partial charge in [-0.1, -0.05) is 29.8 Å². The first-order chi connectivity index (χ1) is 7.88. The predicted octanol–water partition coefficient (Wildman–Crippen LogP) is 3.91. The molecule has 0 aliphatic heterocycles. The Morgan fingerprint density at radius 3 is 2.06 bits per heavy atom. The smallest absolute Gasteiger partial charge is 0.177 e. The second kappa shape index (κ2) is 5.67. The lowest BCUT2D eigenvalue weighted by atomic mass is 9.93. The molecule has 0 spiro atoms. The van der Waals surface area contributed by atoms with Crippen LogP contribution in [0.25, 0.3) is 0 Å². The third-order valence-electron chi connectivity index (χ3n) is 2.82. The summed E-state index contributed by atoms with van der Waals surface area (Å²) in [5, 5.41) is 0. The molecule has 0 saturated carbocycles. The SMILES string of the molecule is COc1cc(C)c(C(=O)C(Br)C(C)C)c(C)c1. The lowest BCUT2D eigenvalue weighted by Gasteiger charge is -2.16. The minimum absolute atomic E-state index is 0.131. The van der Waals surface area contributed by atoms with Gasteiger partial charge in [0.1, 0.15) is 5.75 Å². The molecule has 0 fully saturated rings. The molecular weight excluding hydrogens is 280 g/mol. The summed E-state index contributed by atoms with van der Waals surface area (Å²) in [7, 11) is 1.64. The van der Waals surface area contributed by atoms with Crippen LogP contribution in [0.1, 0.15) is 35.3 Å². The Labute approximate surface area is 111 Å². The molecule has 94 valence electrons. The van der Waals surface area contributed by atoms with Crippen LogP contribution in [0.5, 0.6) is 5.75 Å². The molecule has 0 N–H and O–H groups in total. The summed E-state index contributed by atoms with van der Waals surface area (Å²) in [6.45, 7) is 7.96. The number of aryl methyl sites for hydroxylation is 2. The highest BCUT2D eigenvalue weighted by Gasteiger charge is 2.23. The van der Waals surface area contributed by atoms with Crippen LogP contribution in [0.4, 0.5) is 0 Å². The number of alkyl halides is 1. The minimum atomic E-state index is -0.131. The van der Waals surface area contributed by atoms with Crippen LogP contribution in [0.2, 0.25) is 0 Å². The van der Waals surface area contributed by atoms with Crippen molar-refractivity contribution in [3.8, 4) is 5.75 Å². The largest absolute Gasteiger partial charge is 0.497 e. The maximum absolute atomic E-state index is 12.3. The second-order valence-electron chi connectivity index (χ2n) is 4.65. The Balaban J connectivity index is 3.19. The Morgan fingerprint density at radius 1 is 1.24 bits per heavy atom. The maximum atomic E-state index is 12.3. The van der Waals surface area contributed by atoms with Crippen molar-refractivity contribution in [2.75, 3.05) is 7.11 Å². The van der Waals surface area contributed by atoms with Crippen molar-refractivity contribution in [2.45, 2.75) is 32.5 Å². The van der Waals surface area contributed by atoms with Crippen molar-refractivity contribution in [3.63, 3.8) is 0 Å². The molecule has 1 aromatic rings. The van der Waals surface area contributed by atoms with Gasteiger partial charge in [-0.25, -0.2) is 0 Å². The first kappa shape index (κ1) is 14.2. The summed E-state index contributed by atoms with van der Waals surface area (Å²) in [6.07, 6.45) is 0. The molecule has 1 aromatic carbocycles. The van der Waals surface area contributed by atoms with Gasteiger partial charge < -0.3 is 4.74 Å². The van der Waals surface area contributed by atoms with Gasteiger partial charge in [-0.15, -0.1) is 0 Å². The fraction of sp³-hybridized carbons (Fsp3) is 0.500. The quantitative estimate of drug-likeness (QED) is 0.622. The molecular formula is C14H19BrO2. The van der Waals surface area contributed by atoms with E-state index in [0.717, 1.165) is 22.4 Å². The fourth-order valence-corrected chi connectivity index (χ4v) is 2.10. The number of methoxy groups -OCH3 is 1. The van der Waals surface area contributed by atoms with Crippen LogP contribution >= 0.6 is 15.9 Å². The topological polar surface area (TPSA) is 26.3 Å². The van der Waals surface area contributed by atoms with E-state index in [1.54, 1.807) is 7.11 Å². The van der Waals surface area contributed by atoms with Crippen LogP contribution in [-0.2, 0) is 0 Å². The van der Waals surface area contributed by atoms with Gasteiger partial charge in [-0.3, -0.25) is 4.79 Å². The van der Waals surface area contributed by atoms with Gasteiger partial charge in [0.15, 0.2) is 5.78 Å². The predicted molar refractivity (Wildman–Crippen MR) is 74.4 cm³/mol. The molecule has 0 bridgehead atoms. The molecule has 0 saturated heterocycles. The van der Waals surface area contributed by atoms with E-state index in [4.69, 9.17) is 4.74 Å². The highest BCUT2D eigenvalue weighted by Crippen LogP contribution is 2.26. The van der Waals surface area contributed by atoms with Crippen molar-refractivity contribution in [1.29, 1.82) is 0 Å². The van der Waals surface area contributed by atoms with Crippen molar-refractivity contribution < 1.29 is 9.53 Å². The molecule has 1 unspecified atom stereocenters. The Kier molecular flexibility index (Phi) is 4.75. The van der Waals surface area contributed by atoms with E-state index < -0.39 is 0 Å². The average molecular weight is 299 g/mol. The Bertz CT molecular complexity index is 401. The number of hydrogen-bond acceptors (Lipinski definition) is 2. The first-order valence-corrected chi connectivity index (χ1v) is 6.63. The summed E-state index contributed by atoms with van der Waals surface area (Å²) in [6, 6.07) is 3.81. The van der Waals surface area contributed by atoms with Gasteiger partial charge in [-0.05, 0) is 43.0 Å². The first-order valence-electron chi connectivity index (χ1n) is 5.72. The van der Waals surface area contributed by atoms with Crippen molar-refractivity contribution in [1.82, 2.24) is 0 Å². The number of hydrogen-bond donors (Lipinski definition) is 0. The zero-order valence-electron chi connectivity index (χ0n) is 11.0. The number of rotatable bonds is 4. The third kappa shape index (κ3) is 3.09. The molecule has 0 amide bonds. The minimum Gasteiger partial charge on any atom is -0.497 e. The second-order valence-corrected chi connectivity index (χ2v) is 5.63. The van der Waals surface area contributed by atoms with E-state index >= 15 is 0 Å². The van der Waals surface area contributed by atoms with E-state index in [1.807, 2.05) is 39.8 Å². The lowest BCUT2D eigenvalue weighted by Crippen LogP contribution is -2.22. The van der Waals surface area contributed by atoms with Gasteiger partial charge in [0, 0.05) is 5.56 Å². The monoisotopic (exact) mass is 298 g/mol. The van der Waals surface area contributed by atoms with Gasteiger partial charge in [0.05, 0.1) is 11.9 Å². The number of ketones is 1. The number of carbonyl (C=O) groups is 1. The van der Waals surface area contributed by atoms with Crippen LogP contribution < -0.4 is 4.74 Å². The molecule has 3 heteroatoms. The number of benzene rings is 1. The average Bonchev–Trinajstić information content (AvgIpc) is 2.26. The van der Waals surface area contributed by atoms with E-state index in [0.29, 0.717) is 0 Å². The highest BCUT2D eigenvalue weighted by molar-refractivity contribution is 9.10. The van der Waals surface area contributed by atoms with E-state index in [1.165, 1.54) is 0 Å². The zero-order valence-corrected chi connectivity index (χ0v) is 12.6. The van der Waals surface area contributed by atoms with Gasteiger partial charge in [0.2, 0.25) is 0 Å². The van der Waals surface area contributed by atoms with E-state index in [-0.39, 0.29) is 16.5 Å². The maximum Gasteiger partial charge on any atom is 0.177 e. The number of ether oxygens (including phenoxy) is 1. The number of carbonyl (C=O) groups excluding carboxylic acids is 1. The molecule has 17 heavy (non-hydrogen) atoms. The molecule has 2 nitrogen and oxygen atoms in total. The third-order valence-corrected chi connectivity index (χ3v) is 4.30. The van der Waals surface area contributed by atoms with Crippen LogP contribution in [0.3, 0.4) is 0 Å². The molecule has 0 aliphatic rings. The van der Waals surface area contributed by atoms with E-state index in [2.05, 4.69) is 15.9 Å². The number of halogens is 1. The molecule has 0 radical (unpaired) electrons. The van der Waals surface area contributed by atoms with Crippen LogP contribution in [0.15, 0.2) is 12.1 Å². The number of Topliss-reactive ketones (excluding diaryl/α,β-unsaturated/α-hetero) is 1. The highest BCUT2D eigenvalue weighted by atomic mass is 79.9. The summed E-state index contributed by atoms with van der Waals surface area (Å²) < 4.78 is 5.20. The molecule has 0 aliphatic carbocycles. The fourth-order valence-electron chi connectivity index (χ4n) is 1.87. The molecule has 1 rings (SSSR count). The summed E-state index contributed by atoms with van der Waals surface area (Å²) in [4.78, 5) is 12.2. The van der Waals surface area contributed by atoms with Gasteiger partial charge in [0.25, 0.3) is 0 Å². The standard InChI is InChI=1S/C14H19BrO2/c1-8(2)13(15)14(16)12-9(3)6-11(17-5)7-10(12)4/h6-8,13H,1-5H3. The van der Waals surface area contributed by atoms with Gasteiger partial charge in [-0.2, -0.15) is 0 Å². The van der Waals surface area contributed by atoms with Crippen LogP contribution in [0, 0.1) is 19.8 Å². The Hall–Kier alpha value is -0.830. The van der Waals surface area contributed by atoms with Crippen molar-refractivity contribution in [2.24, 2.45) is 5.92 Å². The zero-order chi connectivity index (χ0) is 13.2. The normalized spacial score (nSPS) is 12.6. The lowest BCUT2D eigenvalue weighted by molar-refractivity contribution is 0.0977. The van der Waals surface area contributed by atoms with Crippen molar-refractivity contribution in [3.05, 3.63) is 28.8 Å². The molecule has 1 atom stereocenters. The Morgan fingerprint density at radius 2 is 1.71 bits per heavy atom.